The van der Waals surface area contributed by atoms with E-state index in [1.54, 1.807) is 7.05 Å². The molecule has 0 atom stereocenters. The van der Waals surface area contributed by atoms with E-state index in [0.717, 1.165) is 10.9 Å². The number of fused-ring (bicyclic) bond motifs is 1. The van der Waals surface area contributed by atoms with Crippen molar-refractivity contribution in [2.24, 2.45) is 0 Å². The molecule has 1 aromatic heterocycles. The Morgan fingerprint density at radius 1 is 1.20 bits per heavy atom. The first-order valence-electron chi connectivity index (χ1n) is 6.25. The van der Waals surface area contributed by atoms with Crippen molar-refractivity contribution in [3.63, 3.8) is 0 Å². The predicted octanol–water partition coefficient (Wildman–Crippen LogP) is 1.41. The number of ether oxygens (including phenoxy) is 1. The highest BCUT2D eigenvalue weighted by Gasteiger charge is 2.14. The zero-order chi connectivity index (χ0) is 14.5. The molecule has 2 aromatic rings. The van der Waals surface area contributed by atoms with E-state index in [4.69, 9.17) is 0 Å². The molecule has 5 nitrogen and oxygen atoms in total. The molecule has 20 heavy (non-hydrogen) atoms. The van der Waals surface area contributed by atoms with Crippen molar-refractivity contribution < 1.29 is 14.3 Å². The van der Waals surface area contributed by atoms with Crippen LogP contribution in [0.3, 0.4) is 0 Å². The number of aromatic nitrogens is 1. The van der Waals surface area contributed by atoms with Gasteiger partial charge in [0.25, 0.3) is 0 Å². The van der Waals surface area contributed by atoms with Gasteiger partial charge in [0.15, 0.2) is 0 Å². The van der Waals surface area contributed by atoms with Gasteiger partial charge in [-0.1, -0.05) is 24.3 Å². The molecule has 0 saturated carbocycles. The second kappa shape index (κ2) is 6.14. The number of likely N-dealkylation sites (N-methyl/N-ethyl adjacent to an activating group) is 1. The van der Waals surface area contributed by atoms with E-state index in [1.165, 1.54) is 12.0 Å². The number of hydrogen-bond acceptors (Lipinski definition) is 4. The summed E-state index contributed by atoms with van der Waals surface area (Å²) < 4.78 is 4.53. The van der Waals surface area contributed by atoms with Crippen molar-refractivity contribution in [1.29, 1.82) is 0 Å². The number of benzene rings is 1. The average Bonchev–Trinajstić information content (AvgIpc) is 2.46. The molecule has 5 heteroatoms. The molecule has 2 rings (SSSR count). The fourth-order valence-electron chi connectivity index (χ4n) is 1.84. The van der Waals surface area contributed by atoms with Crippen LogP contribution in [0.2, 0.25) is 0 Å². The Bertz CT molecular complexity index is 640. The van der Waals surface area contributed by atoms with E-state index >= 15 is 0 Å². The van der Waals surface area contributed by atoms with Crippen LogP contribution in [0, 0.1) is 0 Å². The molecular weight excluding hydrogens is 256 g/mol. The first-order chi connectivity index (χ1) is 9.60. The van der Waals surface area contributed by atoms with Crippen LogP contribution >= 0.6 is 0 Å². The lowest BCUT2D eigenvalue weighted by Crippen LogP contribution is -2.33. The highest BCUT2D eigenvalue weighted by Crippen LogP contribution is 2.12. The van der Waals surface area contributed by atoms with Crippen LogP contribution in [-0.4, -0.2) is 42.5 Å². The molecule has 0 aliphatic heterocycles. The number of para-hydroxylation sites is 1. The predicted molar refractivity (Wildman–Crippen MR) is 75.1 cm³/mol. The van der Waals surface area contributed by atoms with Gasteiger partial charge in [-0.2, -0.15) is 0 Å². The lowest BCUT2D eigenvalue weighted by molar-refractivity contribution is -0.145. The number of pyridine rings is 1. The van der Waals surface area contributed by atoms with Gasteiger partial charge in [-0.3, -0.25) is 14.6 Å². The van der Waals surface area contributed by atoms with Crippen molar-refractivity contribution in [3.8, 4) is 0 Å². The summed E-state index contributed by atoms with van der Waals surface area (Å²) in [7, 11) is 2.87. The van der Waals surface area contributed by atoms with E-state index in [-0.39, 0.29) is 18.9 Å². The Balaban J connectivity index is 2.07. The molecule has 0 N–H and O–H groups in total. The normalized spacial score (nSPS) is 10.3. The van der Waals surface area contributed by atoms with Gasteiger partial charge in [0.1, 0.15) is 6.54 Å². The maximum Gasteiger partial charge on any atom is 0.325 e. The molecule has 0 radical (unpaired) electrons. The Morgan fingerprint density at radius 3 is 2.70 bits per heavy atom. The van der Waals surface area contributed by atoms with Crippen molar-refractivity contribution in [1.82, 2.24) is 9.88 Å². The molecule has 0 bridgehead atoms. The van der Waals surface area contributed by atoms with Crippen LogP contribution < -0.4 is 0 Å². The summed E-state index contributed by atoms with van der Waals surface area (Å²) >= 11 is 0. The first-order valence-corrected chi connectivity index (χ1v) is 6.25. The SMILES string of the molecule is COC(=O)CN(C)C(=O)Cc1ccc2ccccc2n1. The number of amides is 1. The summed E-state index contributed by atoms with van der Waals surface area (Å²) in [6.45, 7) is -0.0527. The molecule has 0 aliphatic rings. The lowest BCUT2D eigenvalue weighted by Gasteiger charge is -2.15. The average molecular weight is 272 g/mol. The molecule has 0 saturated heterocycles. The minimum Gasteiger partial charge on any atom is -0.468 e. The number of hydrogen-bond donors (Lipinski definition) is 0. The summed E-state index contributed by atoms with van der Waals surface area (Å²) in [4.78, 5) is 28.9. The first kappa shape index (κ1) is 14.0. The quantitative estimate of drug-likeness (QED) is 0.790. The number of methoxy groups -OCH3 is 1. The smallest absolute Gasteiger partial charge is 0.325 e. The summed E-state index contributed by atoms with van der Waals surface area (Å²) in [5.41, 5.74) is 1.54. The lowest BCUT2D eigenvalue weighted by atomic mass is 10.1. The molecule has 1 aromatic carbocycles. The summed E-state index contributed by atoms with van der Waals surface area (Å²) in [6.07, 6.45) is 0.165. The summed E-state index contributed by atoms with van der Waals surface area (Å²) in [5, 5.41) is 1.03. The second-order valence-electron chi connectivity index (χ2n) is 4.50. The molecule has 1 heterocycles. The molecule has 0 aliphatic carbocycles. The summed E-state index contributed by atoms with van der Waals surface area (Å²) in [5.74, 6) is -0.606. The fraction of sp³-hybridized carbons (Fsp3) is 0.267. The van der Waals surface area contributed by atoms with Crippen molar-refractivity contribution in [2.45, 2.75) is 6.42 Å². The van der Waals surface area contributed by atoms with Crippen LogP contribution in [0.5, 0.6) is 0 Å². The molecule has 0 fully saturated rings. The Morgan fingerprint density at radius 2 is 1.95 bits per heavy atom. The fourth-order valence-corrected chi connectivity index (χ4v) is 1.84. The monoisotopic (exact) mass is 272 g/mol. The van der Waals surface area contributed by atoms with Crippen molar-refractivity contribution in [2.75, 3.05) is 20.7 Å². The van der Waals surface area contributed by atoms with Crippen molar-refractivity contribution >= 4 is 22.8 Å². The van der Waals surface area contributed by atoms with Gasteiger partial charge in [-0.15, -0.1) is 0 Å². The van der Waals surface area contributed by atoms with Crippen LogP contribution in [-0.2, 0) is 20.7 Å². The van der Waals surface area contributed by atoms with E-state index in [0.29, 0.717) is 5.69 Å². The van der Waals surface area contributed by atoms with Gasteiger partial charge in [-0.05, 0) is 12.1 Å². The molecule has 0 unspecified atom stereocenters. The Hall–Kier alpha value is -2.43. The third kappa shape index (κ3) is 3.32. The number of carbonyl (C=O) groups is 2. The van der Waals surface area contributed by atoms with Crippen molar-refractivity contribution in [3.05, 3.63) is 42.1 Å². The molecule has 0 spiro atoms. The highest BCUT2D eigenvalue weighted by atomic mass is 16.5. The molecule has 104 valence electrons. The third-order valence-corrected chi connectivity index (χ3v) is 3.01. The number of nitrogens with zero attached hydrogens (tertiary/aromatic N) is 2. The molecular formula is C15H16N2O3. The Labute approximate surface area is 117 Å². The van der Waals surface area contributed by atoms with E-state index in [1.807, 2.05) is 36.4 Å². The van der Waals surface area contributed by atoms with Gasteiger partial charge >= 0.3 is 5.97 Å². The maximum atomic E-state index is 12.0. The maximum absolute atomic E-state index is 12.0. The van der Waals surface area contributed by atoms with Crippen LogP contribution in [0.4, 0.5) is 0 Å². The van der Waals surface area contributed by atoms with Gasteiger partial charge in [0.05, 0.1) is 24.7 Å². The van der Waals surface area contributed by atoms with Gasteiger partial charge in [0.2, 0.25) is 5.91 Å². The van der Waals surface area contributed by atoms with Crippen LogP contribution in [0.15, 0.2) is 36.4 Å². The Kier molecular flexibility index (Phi) is 4.30. The number of carbonyl (C=O) groups excluding carboxylic acids is 2. The number of rotatable bonds is 4. The van der Waals surface area contributed by atoms with Crippen LogP contribution in [0.25, 0.3) is 10.9 Å². The minimum atomic E-state index is -0.438. The van der Waals surface area contributed by atoms with Gasteiger partial charge < -0.3 is 9.64 Å². The van der Waals surface area contributed by atoms with E-state index in [2.05, 4.69) is 9.72 Å². The number of esters is 1. The minimum absolute atomic E-state index is 0.0527. The topological polar surface area (TPSA) is 59.5 Å². The highest BCUT2D eigenvalue weighted by molar-refractivity contribution is 5.84. The zero-order valence-electron chi connectivity index (χ0n) is 11.5. The second-order valence-corrected chi connectivity index (χ2v) is 4.50. The van der Waals surface area contributed by atoms with E-state index < -0.39 is 5.97 Å². The summed E-state index contributed by atoms with van der Waals surface area (Å²) in [6, 6.07) is 11.5. The van der Waals surface area contributed by atoms with E-state index in [9.17, 15) is 9.59 Å². The van der Waals surface area contributed by atoms with Gasteiger partial charge in [-0.25, -0.2) is 0 Å². The van der Waals surface area contributed by atoms with Gasteiger partial charge in [0, 0.05) is 12.4 Å². The largest absolute Gasteiger partial charge is 0.468 e. The standard InChI is InChI=1S/C15H16N2O3/c1-17(10-15(19)20-2)14(18)9-12-8-7-11-5-3-4-6-13(11)16-12/h3-8H,9-10H2,1-2H3. The third-order valence-electron chi connectivity index (χ3n) is 3.01. The zero-order valence-corrected chi connectivity index (χ0v) is 11.5. The van der Waals surface area contributed by atoms with Crippen LogP contribution in [0.1, 0.15) is 5.69 Å². The molecule has 1 amide bonds.